The highest BCUT2D eigenvalue weighted by Gasteiger charge is 2.13. The molecule has 3 amide bonds. The summed E-state index contributed by atoms with van der Waals surface area (Å²) in [6.45, 7) is 2.15. The molecule has 20 heavy (non-hydrogen) atoms. The normalized spacial score (nSPS) is 9.90. The summed E-state index contributed by atoms with van der Waals surface area (Å²) in [5.41, 5.74) is 0.115. The summed E-state index contributed by atoms with van der Waals surface area (Å²) in [7, 11) is 0. The fraction of sp³-hybridized carbons (Fsp3) is 0.250. The topological polar surface area (TPSA) is 95.5 Å². The van der Waals surface area contributed by atoms with Crippen LogP contribution in [0.5, 0.6) is 0 Å². The Morgan fingerprint density at radius 1 is 1.35 bits per heavy atom. The van der Waals surface area contributed by atoms with E-state index in [1.807, 2.05) is 0 Å². The molecular weight excluding hydrogens is 348 g/mol. The number of carbonyl (C=O) groups excluding carboxylic acids is 2. The quantitative estimate of drug-likeness (QED) is 0.698. The maximum Gasteiger partial charge on any atom is 0.336 e. The minimum Gasteiger partial charge on any atom is -0.478 e. The lowest BCUT2D eigenvalue weighted by Crippen LogP contribution is -2.40. The van der Waals surface area contributed by atoms with Crippen molar-refractivity contribution in [1.29, 1.82) is 0 Å². The summed E-state index contributed by atoms with van der Waals surface area (Å²) in [5.74, 6) is -1.60. The molecule has 0 aliphatic rings. The molecule has 1 rings (SSSR count). The second kappa shape index (κ2) is 7.91. The van der Waals surface area contributed by atoms with Gasteiger partial charge in [0.15, 0.2) is 0 Å². The summed E-state index contributed by atoms with van der Waals surface area (Å²) in [6, 6.07) is 4.12. The third-order valence-corrected chi connectivity index (χ3v) is 3.67. The highest BCUT2D eigenvalue weighted by Crippen LogP contribution is 2.26. The van der Waals surface area contributed by atoms with E-state index in [1.54, 1.807) is 19.1 Å². The molecule has 0 bridgehead atoms. The minimum atomic E-state index is -1.07. The van der Waals surface area contributed by atoms with Crippen molar-refractivity contribution in [3.8, 4) is 0 Å². The molecule has 1 aromatic carbocycles. The van der Waals surface area contributed by atoms with Crippen molar-refractivity contribution < 1.29 is 19.5 Å². The molecule has 0 aromatic heterocycles. The molecule has 0 radical (unpaired) electrons. The van der Waals surface area contributed by atoms with Crippen LogP contribution in [0.1, 0.15) is 17.3 Å². The molecule has 0 atom stereocenters. The van der Waals surface area contributed by atoms with Crippen molar-refractivity contribution in [2.45, 2.75) is 11.8 Å². The molecule has 0 spiro atoms. The molecule has 1 aromatic rings. The fourth-order valence-corrected chi connectivity index (χ4v) is 2.70. The van der Waals surface area contributed by atoms with Gasteiger partial charge in [0.1, 0.15) is 0 Å². The summed E-state index contributed by atoms with van der Waals surface area (Å²) in [6.07, 6.45) is 0. The fourth-order valence-electron chi connectivity index (χ4n) is 1.30. The Bertz CT molecular complexity index is 536. The minimum absolute atomic E-state index is 0.0478. The van der Waals surface area contributed by atoms with Gasteiger partial charge in [-0.25, -0.2) is 9.59 Å². The van der Waals surface area contributed by atoms with Gasteiger partial charge in [-0.1, -0.05) is 15.9 Å². The van der Waals surface area contributed by atoms with Gasteiger partial charge in [0.05, 0.1) is 11.3 Å². The number of benzene rings is 1. The summed E-state index contributed by atoms with van der Waals surface area (Å²) < 4.78 is 0.717. The number of aromatic carboxylic acids is 1. The zero-order valence-electron chi connectivity index (χ0n) is 10.6. The van der Waals surface area contributed by atoms with Gasteiger partial charge in [0, 0.05) is 15.9 Å². The first-order valence-electron chi connectivity index (χ1n) is 5.67. The first-order valence-corrected chi connectivity index (χ1v) is 7.45. The van der Waals surface area contributed by atoms with Crippen molar-refractivity contribution in [2.75, 3.05) is 12.3 Å². The second-order valence-corrected chi connectivity index (χ2v) is 5.57. The Kier molecular flexibility index (Phi) is 6.53. The van der Waals surface area contributed by atoms with Crippen LogP contribution in [0.15, 0.2) is 27.6 Å². The van der Waals surface area contributed by atoms with E-state index in [4.69, 9.17) is 5.11 Å². The lowest BCUT2D eigenvalue weighted by molar-refractivity contribution is -0.117. The van der Waals surface area contributed by atoms with Crippen LogP contribution in [0, 0.1) is 0 Å². The predicted octanol–water partition coefficient (Wildman–Crippen LogP) is 2.09. The van der Waals surface area contributed by atoms with E-state index in [0.29, 0.717) is 15.9 Å². The maximum atomic E-state index is 11.5. The number of amides is 3. The van der Waals surface area contributed by atoms with Gasteiger partial charge >= 0.3 is 12.0 Å². The Morgan fingerprint density at radius 3 is 2.65 bits per heavy atom. The third-order valence-electron chi connectivity index (χ3n) is 2.12. The summed E-state index contributed by atoms with van der Waals surface area (Å²) in [5, 5.41) is 13.6. The monoisotopic (exact) mass is 360 g/mol. The number of rotatable bonds is 5. The van der Waals surface area contributed by atoms with Crippen molar-refractivity contribution in [2.24, 2.45) is 0 Å². The Hall–Kier alpha value is -1.54. The van der Waals surface area contributed by atoms with E-state index >= 15 is 0 Å². The number of carbonyl (C=O) groups is 3. The molecular formula is C12H13BrN2O4S. The summed E-state index contributed by atoms with van der Waals surface area (Å²) >= 11 is 4.30. The maximum absolute atomic E-state index is 11.5. The molecule has 3 N–H and O–H groups in total. The number of urea groups is 1. The summed E-state index contributed by atoms with van der Waals surface area (Å²) in [4.78, 5) is 34.2. The van der Waals surface area contributed by atoms with Crippen LogP contribution in [-0.2, 0) is 4.79 Å². The van der Waals surface area contributed by atoms with Gasteiger partial charge in [0.25, 0.3) is 0 Å². The highest BCUT2D eigenvalue weighted by molar-refractivity contribution is 9.10. The van der Waals surface area contributed by atoms with Crippen molar-refractivity contribution in [3.05, 3.63) is 28.2 Å². The van der Waals surface area contributed by atoms with Crippen LogP contribution in [0.4, 0.5) is 4.79 Å². The van der Waals surface area contributed by atoms with Gasteiger partial charge in [-0.3, -0.25) is 10.1 Å². The molecule has 0 aliphatic carbocycles. The lowest BCUT2D eigenvalue weighted by Gasteiger charge is -2.07. The molecule has 0 unspecified atom stereocenters. The number of hydrogen-bond acceptors (Lipinski definition) is 4. The Balaban J connectivity index is 2.65. The van der Waals surface area contributed by atoms with Crippen LogP contribution in [0.3, 0.4) is 0 Å². The van der Waals surface area contributed by atoms with Gasteiger partial charge in [-0.05, 0) is 25.1 Å². The molecule has 108 valence electrons. The smallest absolute Gasteiger partial charge is 0.336 e. The van der Waals surface area contributed by atoms with Gasteiger partial charge in [-0.2, -0.15) is 0 Å². The van der Waals surface area contributed by atoms with Crippen LogP contribution >= 0.6 is 27.7 Å². The number of halogens is 1. The van der Waals surface area contributed by atoms with E-state index < -0.39 is 17.9 Å². The van der Waals surface area contributed by atoms with Crippen molar-refractivity contribution >= 4 is 45.6 Å². The number of carboxylic acid groups (broad SMARTS) is 1. The van der Waals surface area contributed by atoms with E-state index in [-0.39, 0.29) is 11.3 Å². The molecule has 0 aliphatic heterocycles. The van der Waals surface area contributed by atoms with Crippen molar-refractivity contribution in [1.82, 2.24) is 10.6 Å². The number of imide groups is 1. The van der Waals surface area contributed by atoms with E-state index in [1.165, 1.54) is 6.07 Å². The lowest BCUT2D eigenvalue weighted by atomic mass is 10.2. The number of nitrogens with one attached hydrogen (secondary N) is 2. The Labute approximate surface area is 128 Å². The van der Waals surface area contributed by atoms with E-state index in [0.717, 1.165) is 11.8 Å². The zero-order valence-corrected chi connectivity index (χ0v) is 13.0. The first kappa shape index (κ1) is 16.5. The largest absolute Gasteiger partial charge is 0.478 e. The molecule has 8 heteroatoms. The van der Waals surface area contributed by atoms with Gasteiger partial charge < -0.3 is 10.4 Å². The van der Waals surface area contributed by atoms with Crippen LogP contribution in [0.25, 0.3) is 0 Å². The van der Waals surface area contributed by atoms with Crippen LogP contribution < -0.4 is 10.6 Å². The SMILES string of the molecule is CCNC(=O)NC(=O)CSc1cc(Br)ccc1C(=O)O. The van der Waals surface area contributed by atoms with Crippen molar-refractivity contribution in [3.63, 3.8) is 0 Å². The molecule has 0 fully saturated rings. The van der Waals surface area contributed by atoms with Gasteiger partial charge in [-0.15, -0.1) is 11.8 Å². The predicted molar refractivity (Wildman–Crippen MR) is 79.0 cm³/mol. The van der Waals surface area contributed by atoms with Crippen LogP contribution in [-0.4, -0.2) is 35.3 Å². The third kappa shape index (κ3) is 5.22. The molecule has 0 saturated heterocycles. The average molecular weight is 361 g/mol. The molecule has 6 nitrogen and oxygen atoms in total. The van der Waals surface area contributed by atoms with Gasteiger partial charge in [0.2, 0.25) is 5.91 Å². The first-order chi connectivity index (χ1) is 9.43. The van der Waals surface area contributed by atoms with Crippen LogP contribution in [0.2, 0.25) is 0 Å². The standard InChI is InChI=1S/C12H13BrN2O4S/c1-2-14-12(19)15-10(16)6-20-9-5-7(13)3-4-8(9)11(17)18/h3-5H,2,6H2,1H3,(H,17,18)(H2,14,15,16,19). The second-order valence-electron chi connectivity index (χ2n) is 3.64. The average Bonchev–Trinajstić information content (AvgIpc) is 2.36. The zero-order chi connectivity index (χ0) is 15.1. The highest BCUT2D eigenvalue weighted by atomic mass is 79.9. The Morgan fingerprint density at radius 2 is 2.05 bits per heavy atom. The van der Waals surface area contributed by atoms with E-state index in [9.17, 15) is 14.4 Å². The number of hydrogen-bond donors (Lipinski definition) is 3. The number of thioether (sulfide) groups is 1. The number of carboxylic acids is 1. The van der Waals surface area contributed by atoms with E-state index in [2.05, 4.69) is 26.6 Å². The molecule has 0 saturated carbocycles. The molecule has 0 heterocycles.